The summed E-state index contributed by atoms with van der Waals surface area (Å²) < 4.78 is 0. The highest BCUT2D eigenvalue weighted by Gasteiger charge is 2.27. The van der Waals surface area contributed by atoms with Crippen LogP contribution in [0.5, 0.6) is 0 Å². The van der Waals surface area contributed by atoms with Gasteiger partial charge in [0.1, 0.15) is 0 Å². The molecule has 0 spiro atoms. The van der Waals surface area contributed by atoms with Crippen LogP contribution in [0.3, 0.4) is 0 Å². The molecule has 2 N–H and O–H groups in total. The van der Waals surface area contributed by atoms with Gasteiger partial charge in [-0.2, -0.15) is 0 Å². The molecule has 104 valence electrons. The Balaban J connectivity index is 1.90. The molecule has 3 nitrogen and oxygen atoms in total. The van der Waals surface area contributed by atoms with E-state index in [9.17, 15) is 4.79 Å². The Bertz CT molecular complexity index is 440. The van der Waals surface area contributed by atoms with Crippen LogP contribution < -0.4 is 10.6 Å². The second kappa shape index (κ2) is 6.20. The third-order valence-corrected chi connectivity index (χ3v) is 3.88. The van der Waals surface area contributed by atoms with Crippen LogP contribution in [0.15, 0.2) is 24.3 Å². The minimum atomic E-state index is -0.0277. The van der Waals surface area contributed by atoms with Crippen LogP contribution in [0.1, 0.15) is 45.2 Å². The van der Waals surface area contributed by atoms with Crippen LogP contribution in [-0.4, -0.2) is 12.5 Å². The molecule has 0 aromatic heterocycles. The number of amides is 1. The minimum absolute atomic E-state index is 0.0277. The fourth-order valence-corrected chi connectivity index (χ4v) is 2.40. The summed E-state index contributed by atoms with van der Waals surface area (Å²) in [6, 6.07) is 8.37. The maximum atomic E-state index is 11.1. The van der Waals surface area contributed by atoms with Crippen molar-refractivity contribution in [1.82, 2.24) is 5.32 Å². The smallest absolute Gasteiger partial charge is 0.221 e. The number of nitrogens with one attached hydrogen (secondary N) is 2. The highest BCUT2D eigenvalue weighted by molar-refractivity contribution is 5.88. The van der Waals surface area contributed by atoms with Crippen molar-refractivity contribution >= 4 is 11.6 Å². The van der Waals surface area contributed by atoms with Gasteiger partial charge < -0.3 is 10.6 Å². The van der Waals surface area contributed by atoms with Crippen LogP contribution in [0.4, 0.5) is 5.69 Å². The fraction of sp³-hybridized carbons (Fsp3) is 0.562. The fourth-order valence-electron chi connectivity index (χ4n) is 2.40. The maximum Gasteiger partial charge on any atom is 0.221 e. The van der Waals surface area contributed by atoms with Gasteiger partial charge in [-0.15, -0.1) is 0 Å². The number of benzene rings is 1. The monoisotopic (exact) mass is 260 g/mol. The summed E-state index contributed by atoms with van der Waals surface area (Å²) >= 11 is 0. The molecule has 2 unspecified atom stereocenters. The Morgan fingerprint density at radius 3 is 2.74 bits per heavy atom. The molecule has 3 heteroatoms. The van der Waals surface area contributed by atoms with Crippen molar-refractivity contribution in [3.05, 3.63) is 29.8 Å². The van der Waals surface area contributed by atoms with Crippen LogP contribution in [-0.2, 0) is 4.79 Å². The molecular weight excluding hydrogens is 236 g/mol. The van der Waals surface area contributed by atoms with Gasteiger partial charge in [0.05, 0.1) is 0 Å². The van der Waals surface area contributed by atoms with Crippen LogP contribution in [0.25, 0.3) is 0 Å². The lowest BCUT2D eigenvalue weighted by molar-refractivity contribution is -0.114. The molecule has 1 aromatic rings. The third kappa shape index (κ3) is 4.35. The zero-order valence-corrected chi connectivity index (χ0v) is 12.1. The summed E-state index contributed by atoms with van der Waals surface area (Å²) in [4.78, 5) is 11.1. The van der Waals surface area contributed by atoms with Gasteiger partial charge in [-0.3, -0.25) is 4.79 Å². The molecule has 1 amide bonds. The first-order valence-corrected chi connectivity index (χ1v) is 7.17. The highest BCUT2D eigenvalue weighted by Crippen LogP contribution is 2.36. The lowest BCUT2D eigenvalue weighted by atomic mass is 10.0. The van der Waals surface area contributed by atoms with Gasteiger partial charge in [0.15, 0.2) is 0 Å². The van der Waals surface area contributed by atoms with Crippen molar-refractivity contribution in [2.45, 2.75) is 39.7 Å². The largest absolute Gasteiger partial charge is 0.326 e. The van der Waals surface area contributed by atoms with E-state index in [1.807, 2.05) is 18.2 Å². The van der Waals surface area contributed by atoms with Gasteiger partial charge in [-0.05, 0) is 55.8 Å². The average Bonchev–Trinajstić information content (AvgIpc) is 3.19. The van der Waals surface area contributed by atoms with E-state index >= 15 is 0 Å². The Morgan fingerprint density at radius 2 is 2.11 bits per heavy atom. The Morgan fingerprint density at radius 1 is 1.37 bits per heavy atom. The highest BCUT2D eigenvalue weighted by atomic mass is 16.1. The molecule has 1 aliphatic rings. The van der Waals surface area contributed by atoms with Gasteiger partial charge in [-0.1, -0.05) is 19.1 Å². The molecule has 1 saturated carbocycles. The van der Waals surface area contributed by atoms with E-state index < -0.39 is 0 Å². The summed E-state index contributed by atoms with van der Waals surface area (Å²) in [5, 5.41) is 6.41. The number of rotatable bonds is 6. The van der Waals surface area contributed by atoms with Gasteiger partial charge in [-0.25, -0.2) is 0 Å². The van der Waals surface area contributed by atoms with Gasteiger partial charge in [0.2, 0.25) is 5.91 Å². The van der Waals surface area contributed by atoms with Gasteiger partial charge in [0.25, 0.3) is 0 Å². The quantitative estimate of drug-likeness (QED) is 0.823. The first kappa shape index (κ1) is 14.1. The summed E-state index contributed by atoms with van der Waals surface area (Å²) in [7, 11) is 0. The Labute approximate surface area is 115 Å². The number of hydrogen-bond acceptors (Lipinski definition) is 2. The molecule has 1 aromatic carbocycles. The summed E-state index contributed by atoms with van der Waals surface area (Å²) in [6.45, 7) is 7.10. The minimum Gasteiger partial charge on any atom is -0.326 e. The van der Waals surface area contributed by atoms with Crippen molar-refractivity contribution in [1.29, 1.82) is 0 Å². The van der Waals surface area contributed by atoms with E-state index in [1.165, 1.54) is 25.3 Å². The molecule has 19 heavy (non-hydrogen) atoms. The molecule has 0 aliphatic heterocycles. The van der Waals surface area contributed by atoms with E-state index in [1.54, 1.807) is 0 Å². The number of carbonyl (C=O) groups is 1. The lowest BCUT2D eigenvalue weighted by Gasteiger charge is -2.18. The molecule has 1 fully saturated rings. The van der Waals surface area contributed by atoms with Crippen molar-refractivity contribution in [2.75, 3.05) is 11.9 Å². The number of carbonyl (C=O) groups excluding carboxylic acids is 1. The lowest BCUT2D eigenvalue weighted by Crippen LogP contribution is -2.25. The Kier molecular flexibility index (Phi) is 4.59. The Hall–Kier alpha value is -1.35. The molecule has 0 heterocycles. The first-order chi connectivity index (χ1) is 9.06. The molecule has 2 rings (SSSR count). The summed E-state index contributed by atoms with van der Waals surface area (Å²) in [5.41, 5.74) is 2.09. The normalized spacial score (nSPS) is 17.8. The van der Waals surface area contributed by atoms with E-state index in [4.69, 9.17) is 0 Å². The molecule has 0 radical (unpaired) electrons. The van der Waals surface area contributed by atoms with Crippen LogP contribution >= 0.6 is 0 Å². The second-order valence-electron chi connectivity index (χ2n) is 5.75. The molecule has 0 saturated heterocycles. The van der Waals surface area contributed by atoms with Crippen LogP contribution in [0, 0.1) is 11.8 Å². The zero-order chi connectivity index (χ0) is 13.8. The SMILES string of the molecule is CC(=O)Nc1cccc(C(C)NCC(C)C2CC2)c1. The zero-order valence-electron chi connectivity index (χ0n) is 12.1. The van der Waals surface area contributed by atoms with Crippen molar-refractivity contribution < 1.29 is 4.79 Å². The van der Waals surface area contributed by atoms with Crippen LogP contribution in [0.2, 0.25) is 0 Å². The van der Waals surface area contributed by atoms with Crippen molar-refractivity contribution in [3.63, 3.8) is 0 Å². The van der Waals surface area contributed by atoms with E-state index in [0.717, 1.165) is 24.1 Å². The van der Waals surface area contributed by atoms with Crippen molar-refractivity contribution in [3.8, 4) is 0 Å². The van der Waals surface area contributed by atoms with Gasteiger partial charge >= 0.3 is 0 Å². The van der Waals surface area contributed by atoms with E-state index in [-0.39, 0.29) is 5.91 Å². The number of hydrogen-bond donors (Lipinski definition) is 2. The summed E-state index contributed by atoms with van der Waals surface area (Å²) in [5.74, 6) is 1.67. The number of anilines is 1. The van der Waals surface area contributed by atoms with Gasteiger partial charge in [0, 0.05) is 18.7 Å². The van der Waals surface area contributed by atoms with E-state index in [0.29, 0.717) is 6.04 Å². The third-order valence-electron chi connectivity index (χ3n) is 3.88. The predicted octanol–water partition coefficient (Wildman–Crippen LogP) is 3.34. The topological polar surface area (TPSA) is 41.1 Å². The first-order valence-electron chi connectivity index (χ1n) is 7.17. The molecule has 2 atom stereocenters. The second-order valence-corrected chi connectivity index (χ2v) is 5.75. The molecular formula is C16H24N2O. The molecule has 1 aliphatic carbocycles. The standard InChI is InChI=1S/C16H24N2O/c1-11(14-7-8-14)10-17-12(2)15-5-4-6-16(9-15)18-13(3)19/h4-6,9,11-12,14,17H,7-8,10H2,1-3H3,(H,18,19). The maximum absolute atomic E-state index is 11.1. The predicted molar refractivity (Wildman–Crippen MR) is 79.1 cm³/mol. The van der Waals surface area contributed by atoms with E-state index in [2.05, 4.69) is 30.5 Å². The average molecular weight is 260 g/mol. The van der Waals surface area contributed by atoms with Crippen molar-refractivity contribution in [2.24, 2.45) is 11.8 Å². The summed E-state index contributed by atoms with van der Waals surface area (Å²) in [6.07, 6.45) is 2.80. The molecule has 0 bridgehead atoms.